The summed E-state index contributed by atoms with van der Waals surface area (Å²) in [6, 6.07) is 7.97. The molecule has 0 amide bonds. The van der Waals surface area contributed by atoms with Crippen molar-refractivity contribution >= 4 is 12.6 Å². The molecule has 2 aromatic rings. The number of rotatable bonds is 4. The zero-order valence-electron chi connectivity index (χ0n) is 18.5. The van der Waals surface area contributed by atoms with Gasteiger partial charge in [-0.05, 0) is 65.8 Å². The molecule has 1 aliphatic carbocycles. The lowest BCUT2D eigenvalue weighted by molar-refractivity contribution is -0.0109. The minimum atomic E-state index is -0.567. The molecule has 30 heavy (non-hydrogen) atoms. The van der Waals surface area contributed by atoms with E-state index in [4.69, 9.17) is 14.0 Å². The lowest BCUT2D eigenvalue weighted by Gasteiger charge is -2.32. The van der Waals surface area contributed by atoms with Crippen LogP contribution in [0.4, 0.5) is 0 Å². The summed E-state index contributed by atoms with van der Waals surface area (Å²) in [4.78, 5) is 9.00. The van der Waals surface area contributed by atoms with Gasteiger partial charge in [-0.2, -0.15) is 0 Å². The molecule has 4 rings (SSSR count). The summed E-state index contributed by atoms with van der Waals surface area (Å²) in [5, 5.41) is 10.1. The zero-order valence-corrected chi connectivity index (χ0v) is 18.5. The van der Waals surface area contributed by atoms with Crippen molar-refractivity contribution in [3.63, 3.8) is 0 Å². The molecule has 0 unspecified atom stereocenters. The van der Waals surface area contributed by atoms with Gasteiger partial charge in [0.25, 0.3) is 0 Å². The Hall–Kier alpha value is -1.96. The Morgan fingerprint density at radius 3 is 2.20 bits per heavy atom. The van der Waals surface area contributed by atoms with Crippen molar-refractivity contribution in [3.05, 3.63) is 36.7 Å². The number of nitrogens with zero attached hydrogens (tertiary/aromatic N) is 2. The Labute approximate surface area is 179 Å². The molecule has 1 saturated carbocycles. The first-order valence-electron chi connectivity index (χ1n) is 10.7. The van der Waals surface area contributed by atoms with Gasteiger partial charge in [0.05, 0.1) is 35.3 Å². The summed E-state index contributed by atoms with van der Waals surface area (Å²) in [7, 11) is -0.416. The average Bonchev–Trinajstić information content (AvgIpc) is 2.92. The fourth-order valence-electron chi connectivity index (χ4n) is 3.85. The predicted octanol–water partition coefficient (Wildman–Crippen LogP) is 3.52. The molecule has 0 radical (unpaired) electrons. The van der Waals surface area contributed by atoms with Crippen LogP contribution in [0.15, 0.2) is 36.7 Å². The largest absolute Gasteiger partial charge is 0.494 e. The van der Waals surface area contributed by atoms with E-state index < -0.39 is 12.7 Å². The van der Waals surface area contributed by atoms with Crippen LogP contribution in [0.1, 0.15) is 60.3 Å². The molecule has 1 aliphatic heterocycles. The Balaban J connectivity index is 1.44. The van der Waals surface area contributed by atoms with Crippen molar-refractivity contribution in [1.29, 1.82) is 0 Å². The van der Waals surface area contributed by atoms with E-state index in [0.29, 0.717) is 11.6 Å². The molecule has 1 aromatic heterocycles. The van der Waals surface area contributed by atoms with Gasteiger partial charge in [-0.15, -0.1) is 0 Å². The van der Waals surface area contributed by atoms with Crippen LogP contribution in [0.25, 0.3) is 11.4 Å². The number of ether oxygens (including phenoxy) is 1. The monoisotopic (exact) mass is 410 g/mol. The van der Waals surface area contributed by atoms with Crippen LogP contribution in [0.2, 0.25) is 0 Å². The van der Waals surface area contributed by atoms with Gasteiger partial charge < -0.3 is 19.2 Å². The highest BCUT2D eigenvalue weighted by Crippen LogP contribution is 2.36. The summed E-state index contributed by atoms with van der Waals surface area (Å²) in [6.45, 7) is 10.1. The van der Waals surface area contributed by atoms with Gasteiger partial charge in [0.1, 0.15) is 0 Å². The first-order valence-corrected chi connectivity index (χ1v) is 10.7. The first kappa shape index (κ1) is 21.3. The van der Waals surface area contributed by atoms with Crippen molar-refractivity contribution in [1.82, 2.24) is 9.97 Å². The maximum absolute atomic E-state index is 10.1. The summed E-state index contributed by atoms with van der Waals surface area (Å²) >= 11 is 0. The molecule has 2 aliphatic rings. The van der Waals surface area contributed by atoms with E-state index in [2.05, 4.69) is 9.97 Å². The third-order valence-corrected chi connectivity index (χ3v) is 6.61. The number of aliphatic hydroxyl groups is 1. The highest BCUT2D eigenvalue weighted by atomic mass is 16.7. The molecule has 6 nitrogen and oxygen atoms in total. The Bertz CT molecular complexity index is 872. The van der Waals surface area contributed by atoms with Gasteiger partial charge in [-0.3, -0.25) is 0 Å². The van der Waals surface area contributed by atoms with Crippen LogP contribution in [0.3, 0.4) is 0 Å². The van der Waals surface area contributed by atoms with Gasteiger partial charge in [-0.1, -0.05) is 24.3 Å². The number of benzene rings is 1. The second-order valence-corrected chi connectivity index (χ2v) is 9.77. The minimum Gasteiger partial charge on any atom is -0.487 e. The van der Waals surface area contributed by atoms with E-state index in [0.717, 1.165) is 36.7 Å². The number of hydrogen-bond acceptors (Lipinski definition) is 6. The molecular weight excluding hydrogens is 379 g/mol. The van der Waals surface area contributed by atoms with Crippen molar-refractivity contribution in [2.45, 2.75) is 83.2 Å². The first-order chi connectivity index (χ1) is 14.0. The van der Waals surface area contributed by atoms with E-state index in [1.165, 1.54) is 0 Å². The van der Waals surface area contributed by atoms with Gasteiger partial charge in [-0.25, -0.2) is 9.97 Å². The third kappa shape index (κ3) is 4.38. The van der Waals surface area contributed by atoms with Crippen molar-refractivity contribution < 1.29 is 19.2 Å². The Morgan fingerprint density at radius 1 is 1.00 bits per heavy atom. The molecule has 1 aromatic carbocycles. The summed E-state index contributed by atoms with van der Waals surface area (Å²) < 4.78 is 18.3. The van der Waals surface area contributed by atoms with E-state index in [9.17, 15) is 5.11 Å². The second-order valence-electron chi connectivity index (χ2n) is 9.77. The molecule has 0 spiro atoms. The van der Waals surface area contributed by atoms with Crippen LogP contribution >= 0.6 is 0 Å². The smallest absolute Gasteiger partial charge is 0.487 e. The van der Waals surface area contributed by atoms with Crippen molar-refractivity contribution in [2.75, 3.05) is 0 Å². The molecule has 160 valence electrons. The Kier molecular flexibility index (Phi) is 5.41. The molecule has 2 heterocycles. The second kappa shape index (κ2) is 7.63. The van der Waals surface area contributed by atoms with Crippen LogP contribution in [0.5, 0.6) is 5.75 Å². The molecule has 0 atom stereocenters. The quantitative estimate of drug-likeness (QED) is 0.778. The minimum absolute atomic E-state index is 0.103. The van der Waals surface area contributed by atoms with Crippen LogP contribution in [-0.4, -0.2) is 45.1 Å². The van der Waals surface area contributed by atoms with Gasteiger partial charge in [0.15, 0.2) is 11.6 Å². The van der Waals surface area contributed by atoms with Gasteiger partial charge >= 0.3 is 7.12 Å². The normalized spacial score (nSPS) is 27.8. The Morgan fingerprint density at radius 2 is 1.60 bits per heavy atom. The van der Waals surface area contributed by atoms with Crippen LogP contribution in [0, 0.1) is 0 Å². The maximum Gasteiger partial charge on any atom is 0.494 e. The van der Waals surface area contributed by atoms with Crippen molar-refractivity contribution in [3.8, 4) is 17.1 Å². The van der Waals surface area contributed by atoms with Crippen LogP contribution in [-0.2, 0) is 9.31 Å². The lowest BCUT2D eigenvalue weighted by atomic mass is 9.78. The molecular formula is C23H31BN2O4. The SMILES string of the molecule is CC1(C)OB(c2cccc(-c3ncc(O[C@H]4CC[C@](C)(O)CC4)cn3)c2)OC1(C)C. The van der Waals surface area contributed by atoms with E-state index in [1.807, 2.05) is 58.9 Å². The standard InChI is InChI=1S/C23H31BN2O4/c1-21(2)22(3,4)30-24(29-21)17-8-6-7-16(13-17)20-25-14-19(15-26-20)28-18-9-11-23(5,27)12-10-18/h6-8,13-15,18,27H,9-12H2,1-5H3/t18-,23-. The average molecular weight is 410 g/mol. The van der Waals surface area contributed by atoms with Gasteiger partial charge in [0, 0.05) is 5.56 Å². The fourth-order valence-corrected chi connectivity index (χ4v) is 3.85. The third-order valence-electron chi connectivity index (χ3n) is 6.61. The molecule has 0 bridgehead atoms. The van der Waals surface area contributed by atoms with E-state index >= 15 is 0 Å². The predicted molar refractivity (Wildman–Crippen MR) is 117 cm³/mol. The van der Waals surface area contributed by atoms with E-state index in [-0.39, 0.29) is 17.3 Å². The fraction of sp³-hybridized carbons (Fsp3) is 0.565. The summed E-state index contributed by atoms with van der Waals surface area (Å²) in [5.74, 6) is 1.29. The summed E-state index contributed by atoms with van der Waals surface area (Å²) in [6.07, 6.45) is 6.72. The summed E-state index contributed by atoms with van der Waals surface area (Å²) in [5.41, 5.74) is 0.528. The maximum atomic E-state index is 10.1. The number of hydrogen-bond donors (Lipinski definition) is 1. The van der Waals surface area contributed by atoms with E-state index in [1.54, 1.807) is 12.4 Å². The number of aromatic nitrogens is 2. The van der Waals surface area contributed by atoms with Crippen LogP contribution < -0.4 is 10.2 Å². The molecule has 2 fully saturated rings. The highest BCUT2D eigenvalue weighted by molar-refractivity contribution is 6.62. The zero-order chi connectivity index (χ0) is 21.6. The topological polar surface area (TPSA) is 73.7 Å². The molecule has 7 heteroatoms. The molecule has 1 N–H and O–H groups in total. The highest BCUT2D eigenvalue weighted by Gasteiger charge is 2.51. The molecule has 1 saturated heterocycles. The lowest BCUT2D eigenvalue weighted by Crippen LogP contribution is -2.41. The van der Waals surface area contributed by atoms with Crippen molar-refractivity contribution in [2.24, 2.45) is 0 Å². The van der Waals surface area contributed by atoms with Gasteiger partial charge in [0.2, 0.25) is 0 Å².